The zero-order chi connectivity index (χ0) is 20.6. The molecule has 0 bridgehead atoms. The number of non-ortho nitro benzene ring substituents is 1. The molecule has 28 heavy (non-hydrogen) atoms. The first-order valence-electron chi connectivity index (χ1n) is 9.46. The van der Waals surface area contributed by atoms with Crippen molar-refractivity contribution in [2.45, 2.75) is 27.7 Å². The molecule has 1 heterocycles. The lowest BCUT2D eigenvalue weighted by Crippen LogP contribution is -2.32. The van der Waals surface area contributed by atoms with Gasteiger partial charge in [-0.15, -0.1) is 0 Å². The van der Waals surface area contributed by atoms with E-state index in [-0.39, 0.29) is 23.1 Å². The van der Waals surface area contributed by atoms with Gasteiger partial charge in [0.15, 0.2) is 11.5 Å². The quantitative estimate of drug-likeness (QED) is 0.529. The van der Waals surface area contributed by atoms with Crippen LogP contribution >= 0.6 is 0 Å². The molecule has 0 aromatic heterocycles. The third-order valence-electron chi connectivity index (χ3n) is 4.09. The highest BCUT2D eigenvalue weighted by Gasteiger charge is 2.24. The van der Waals surface area contributed by atoms with Crippen LogP contribution in [0, 0.1) is 20.9 Å². The summed E-state index contributed by atoms with van der Waals surface area (Å²) < 4.78 is 28.7. The van der Waals surface area contributed by atoms with Crippen LogP contribution in [0.25, 0.3) is 0 Å². The van der Waals surface area contributed by atoms with Crippen LogP contribution in [0.15, 0.2) is 18.2 Å². The van der Waals surface area contributed by atoms with Gasteiger partial charge in [-0.2, -0.15) is 0 Å². The Morgan fingerprint density at radius 2 is 1.39 bits per heavy atom. The molecule has 0 radical (unpaired) electrons. The fourth-order valence-electron chi connectivity index (χ4n) is 2.58. The van der Waals surface area contributed by atoms with Gasteiger partial charge in [0.1, 0.15) is 6.61 Å². The molecule has 0 N–H and O–H groups in total. The Balaban J connectivity index is 2.11. The lowest BCUT2D eigenvalue weighted by Gasteiger charge is -2.29. The maximum atomic E-state index is 11.1. The van der Waals surface area contributed by atoms with Gasteiger partial charge >= 0.3 is 0 Å². The predicted octanol–water partition coefficient (Wildman–Crippen LogP) is 3.47. The number of benzene rings is 1. The van der Waals surface area contributed by atoms with Crippen molar-refractivity contribution >= 4 is 5.69 Å². The van der Waals surface area contributed by atoms with Gasteiger partial charge < -0.3 is 23.7 Å². The van der Waals surface area contributed by atoms with Crippen LogP contribution in [-0.4, -0.2) is 57.8 Å². The summed E-state index contributed by atoms with van der Waals surface area (Å²) in [5, 5.41) is 11.1. The molecule has 2 rings (SSSR count). The van der Waals surface area contributed by atoms with E-state index in [1.807, 2.05) is 13.8 Å². The van der Waals surface area contributed by atoms with Crippen LogP contribution < -0.4 is 9.47 Å². The lowest BCUT2D eigenvalue weighted by molar-refractivity contribution is -0.385. The molecule has 1 aromatic rings. The maximum Gasteiger partial charge on any atom is 0.273 e. The van der Waals surface area contributed by atoms with E-state index in [9.17, 15) is 10.1 Å². The Bertz CT molecular complexity index is 645. The highest BCUT2D eigenvalue weighted by Crippen LogP contribution is 2.33. The number of fused-ring (bicyclic) bond motifs is 1. The van der Waals surface area contributed by atoms with Gasteiger partial charge in [-0.05, 0) is 6.07 Å². The zero-order valence-corrected chi connectivity index (χ0v) is 17.2. The Kier molecular flexibility index (Phi) is 8.03. The standard InChI is InChI=1S/C20H31NO7/c1-19(2)12-25-8-7-24-9-10-27-18-11-16(21(22)23)5-6-17(18)28-15-20(3,4)14-26-13-19/h5-6,11H,7-10,12-15H2,1-4H3. The topological polar surface area (TPSA) is 89.3 Å². The van der Waals surface area contributed by atoms with Crippen molar-refractivity contribution in [2.75, 3.05) is 52.9 Å². The second-order valence-corrected chi connectivity index (χ2v) is 8.51. The molecule has 1 aromatic carbocycles. The van der Waals surface area contributed by atoms with E-state index < -0.39 is 4.92 Å². The van der Waals surface area contributed by atoms with Crippen LogP contribution in [0.4, 0.5) is 5.69 Å². The fourth-order valence-corrected chi connectivity index (χ4v) is 2.58. The molecule has 158 valence electrons. The van der Waals surface area contributed by atoms with Crippen molar-refractivity contribution in [1.82, 2.24) is 0 Å². The molecule has 0 amide bonds. The van der Waals surface area contributed by atoms with Gasteiger partial charge in [-0.3, -0.25) is 10.1 Å². The molecule has 0 atom stereocenters. The van der Waals surface area contributed by atoms with Crippen LogP contribution in [0.1, 0.15) is 27.7 Å². The van der Waals surface area contributed by atoms with E-state index >= 15 is 0 Å². The van der Waals surface area contributed by atoms with Crippen molar-refractivity contribution < 1.29 is 28.6 Å². The largest absolute Gasteiger partial charge is 0.489 e. The Morgan fingerprint density at radius 3 is 2.11 bits per heavy atom. The fraction of sp³-hybridized carbons (Fsp3) is 0.700. The van der Waals surface area contributed by atoms with E-state index in [1.165, 1.54) is 12.1 Å². The van der Waals surface area contributed by atoms with E-state index in [2.05, 4.69) is 13.8 Å². The average molecular weight is 397 g/mol. The highest BCUT2D eigenvalue weighted by atomic mass is 16.6. The third kappa shape index (κ3) is 7.61. The number of hydrogen-bond donors (Lipinski definition) is 0. The van der Waals surface area contributed by atoms with Crippen LogP contribution in [0.2, 0.25) is 0 Å². The van der Waals surface area contributed by atoms with E-state index in [0.29, 0.717) is 57.7 Å². The van der Waals surface area contributed by atoms with Crippen molar-refractivity contribution in [1.29, 1.82) is 0 Å². The van der Waals surface area contributed by atoms with Gasteiger partial charge in [0, 0.05) is 16.9 Å². The van der Waals surface area contributed by atoms with Gasteiger partial charge in [0.25, 0.3) is 5.69 Å². The molecule has 8 heteroatoms. The van der Waals surface area contributed by atoms with Gasteiger partial charge in [0.2, 0.25) is 0 Å². The Hall–Kier alpha value is -1.90. The normalized spacial score (nSPS) is 21.4. The molecule has 0 saturated heterocycles. The van der Waals surface area contributed by atoms with E-state index in [0.717, 1.165) is 0 Å². The minimum Gasteiger partial charge on any atom is -0.489 e. The first kappa shape index (κ1) is 22.4. The molecule has 0 spiro atoms. The first-order valence-corrected chi connectivity index (χ1v) is 9.46. The molecule has 0 fully saturated rings. The Labute approximate surface area is 166 Å². The van der Waals surface area contributed by atoms with Crippen LogP contribution in [0.5, 0.6) is 11.5 Å². The number of ether oxygens (including phenoxy) is 5. The zero-order valence-electron chi connectivity index (χ0n) is 17.2. The third-order valence-corrected chi connectivity index (χ3v) is 4.09. The second-order valence-electron chi connectivity index (χ2n) is 8.51. The smallest absolute Gasteiger partial charge is 0.273 e. The summed E-state index contributed by atoms with van der Waals surface area (Å²) in [5.74, 6) is 0.794. The number of rotatable bonds is 1. The summed E-state index contributed by atoms with van der Waals surface area (Å²) in [4.78, 5) is 10.6. The summed E-state index contributed by atoms with van der Waals surface area (Å²) in [6.45, 7) is 11.9. The molecule has 0 unspecified atom stereocenters. The summed E-state index contributed by atoms with van der Waals surface area (Å²) in [5.41, 5.74) is -0.389. The van der Waals surface area contributed by atoms with Crippen molar-refractivity contribution in [3.8, 4) is 11.5 Å². The van der Waals surface area contributed by atoms with Crippen molar-refractivity contribution in [3.05, 3.63) is 28.3 Å². The molecular weight excluding hydrogens is 366 g/mol. The summed E-state index contributed by atoms with van der Waals surface area (Å²) in [7, 11) is 0. The summed E-state index contributed by atoms with van der Waals surface area (Å²) in [6.07, 6.45) is 0. The number of nitro benzene ring substituents is 1. The monoisotopic (exact) mass is 397 g/mol. The minimum absolute atomic E-state index is 0.0487. The molecular formula is C20H31NO7. The van der Waals surface area contributed by atoms with Gasteiger partial charge in [-0.1, -0.05) is 27.7 Å². The lowest BCUT2D eigenvalue weighted by atomic mass is 9.94. The average Bonchev–Trinajstić information content (AvgIpc) is 2.61. The van der Waals surface area contributed by atoms with Gasteiger partial charge in [-0.25, -0.2) is 0 Å². The van der Waals surface area contributed by atoms with Crippen LogP contribution in [-0.2, 0) is 14.2 Å². The van der Waals surface area contributed by atoms with E-state index in [1.54, 1.807) is 6.07 Å². The number of nitrogens with zero attached hydrogens (tertiary/aromatic N) is 1. The van der Waals surface area contributed by atoms with Gasteiger partial charge in [0.05, 0.1) is 57.2 Å². The number of hydrogen-bond acceptors (Lipinski definition) is 7. The molecule has 0 saturated carbocycles. The van der Waals surface area contributed by atoms with E-state index in [4.69, 9.17) is 23.7 Å². The van der Waals surface area contributed by atoms with Crippen molar-refractivity contribution in [2.24, 2.45) is 10.8 Å². The molecule has 0 aliphatic carbocycles. The number of nitro groups is 1. The predicted molar refractivity (Wildman–Crippen MR) is 104 cm³/mol. The molecule has 1 aliphatic heterocycles. The second kappa shape index (κ2) is 10.0. The molecule has 1 aliphatic rings. The molecule has 8 nitrogen and oxygen atoms in total. The maximum absolute atomic E-state index is 11.1. The first-order chi connectivity index (χ1) is 13.2. The summed E-state index contributed by atoms with van der Waals surface area (Å²) in [6, 6.07) is 4.35. The highest BCUT2D eigenvalue weighted by molar-refractivity contribution is 5.48. The SMILES string of the molecule is CC1(C)COCCOCCOc2cc([N+](=O)[O-])ccc2OCC(C)(C)COC1. The Morgan fingerprint density at radius 1 is 0.786 bits per heavy atom. The minimum atomic E-state index is -0.459. The van der Waals surface area contributed by atoms with Crippen molar-refractivity contribution in [3.63, 3.8) is 0 Å². The summed E-state index contributed by atoms with van der Waals surface area (Å²) >= 11 is 0. The van der Waals surface area contributed by atoms with Crippen LogP contribution in [0.3, 0.4) is 0 Å².